The fraction of sp³-hybridized carbons (Fsp3) is 0.500. The standard InChI is InChI=1S/C16H22N2O2/c1-11-8-12(2)10-18(9-11)16(20)15(19)17-14-7-5-4-6-13(14)3/h4-7,11-12H,8-10H2,1-3H3,(H,17,19). The summed E-state index contributed by atoms with van der Waals surface area (Å²) in [6.45, 7) is 7.49. The molecule has 1 fully saturated rings. The Labute approximate surface area is 120 Å². The van der Waals surface area contributed by atoms with Gasteiger partial charge in [-0.25, -0.2) is 0 Å². The van der Waals surface area contributed by atoms with Crippen molar-refractivity contribution < 1.29 is 9.59 Å². The number of nitrogens with zero attached hydrogens (tertiary/aromatic N) is 1. The summed E-state index contributed by atoms with van der Waals surface area (Å²) in [5, 5.41) is 2.71. The number of hydrogen-bond donors (Lipinski definition) is 1. The van der Waals surface area contributed by atoms with Gasteiger partial charge in [0.15, 0.2) is 0 Å². The van der Waals surface area contributed by atoms with Crippen LogP contribution in [0.25, 0.3) is 0 Å². The molecular formula is C16H22N2O2. The molecule has 0 aromatic heterocycles. The zero-order chi connectivity index (χ0) is 14.7. The highest BCUT2D eigenvalue weighted by Crippen LogP contribution is 2.21. The van der Waals surface area contributed by atoms with Crippen molar-refractivity contribution in [1.82, 2.24) is 4.90 Å². The Morgan fingerprint density at radius 3 is 2.35 bits per heavy atom. The highest BCUT2D eigenvalue weighted by molar-refractivity contribution is 6.39. The van der Waals surface area contributed by atoms with Crippen LogP contribution in [0.15, 0.2) is 24.3 Å². The summed E-state index contributed by atoms with van der Waals surface area (Å²) in [6.07, 6.45) is 1.11. The molecule has 0 spiro atoms. The Balaban J connectivity index is 2.02. The zero-order valence-electron chi connectivity index (χ0n) is 12.3. The molecule has 1 aliphatic heterocycles. The first-order chi connectivity index (χ1) is 9.47. The summed E-state index contributed by atoms with van der Waals surface area (Å²) in [7, 11) is 0. The number of nitrogens with one attached hydrogen (secondary N) is 1. The Morgan fingerprint density at radius 1 is 1.15 bits per heavy atom. The number of amides is 2. The van der Waals surface area contributed by atoms with E-state index in [1.807, 2.05) is 31.2 Å². The summed E-state index contributed by atoms with van der Waals surface area (Å²) in [6, 6.07) is 7.46. The average molecular weight is 274 g/mol. The first kappa shape index (κ1) is 14.6. The number of likely N-dealkylation sites (tertiary alicyclic amines) is 1. The summed E-state index contributed by atoms with van der Waals surface area (Å²) < 4.78 is 0. The molecule has 2 unspecified atom stereocenters. The highest BCUT2D eigenvalue weighted by Gasteiger charge is 2.29. The number of piperidine rings is 1. The summed E-state index contributed by atoms with van der Waals surface area (Å²) in [4.78, 5) is 26.0. The van der Waals surface area contributed by atoms with E-state index >= 15 is 0 Å². The maximum absolute atomic E-state index is 12.2. The number of carbonyl (C=O) groups is 2. The van der Waals surface area contributed by atoms with Crippen molar-refractivity contribution in [1.29, 1.82) is 0 Å². The number of benzene rings is 1. The minimum absolute atomic E-state index is 0.424. The normalized spacial score (nSPS) is 22.4. The monoisotopic (exact) mass is 274 g/mol. The molecule has 0 bridgehead atoms. The second kappa shape index (κ2) is 6.07. The van der Waals surface area contributed by atoms with Crippen LogP contribution in [-0.2, 0) is 9.59 Å². The minimum atomic E-state index is -0.541. The Hall–Kier alpha value is -1.84. The highest BCUT2D eigenvalue weighted by atomic mass is 16.2. The minimum Gasteiger partial charge on any atom is -0.334 e. The van der Waals surface area contributed by atoms with Crippen LogP contribution in [0.3, 0.4) is 0 Å². The quantitative estimate of drug-likeness (QED) is 0.800. The van der Waals surface area contributed by atoms with Gasteiger partial charge in [0.25, 0.3) is 0 Å². The number of anilines is 1. The van der Waals surface area contributed by atoms with Gasteiger partial charge in [0.1, 0.15) is 0 Å². The third-order valence-electron chi connectivity index (χ3n) is 3.74. The zero-order valence-corrected chi connectivity index (χ0v) is 12.3. The Kier molecular flexibility index (Phi) is 4.42. The van der Waals surface area contributed by atoms with Crippen molar-refractivity contribution in [2.24, 2.45) is 11.8 Å². The molecular weight excluding hydrogens is 252 g/mol. The van der Waals surface area contributed by atoms with E-state index in [2.05, 4.69) is 19.2 Å². The summed E-state index contributed by atoms with van der Waals surface area (Å²) in [5.41, 5.74) is 1.65. The maximum atomic E-state index is 12.2. The molecule has 4 heteroatoms. The van der Waals surface area contributed by atoms with Gasteiger partial charge < -0.3 is 10.2 Å². The molecule has 20 heavy (non-hydrogen) atoms. The van der Waals surface area contributed by atoms with Crippen LogP contribution in [-0.4, -0.2) is 29.8 Å². The molecule has 0 radical (unpaired) electrons. The second-order valence-electron chi connectivity index (χ2n) is 5.93. The predicted octanol–water partition coefficient (Wildman–Crippen LogP) is 2.44. The first-order valence-corrected chi connectivity index (χ1v) is 7.13. The van der Waals surface area contributed by atoms with Crippen LogP contribution in [0.4, 0.5) is 5.69 Å². The van der Waals surface area contributed by atoms with Crippen LogP contribution in [0.1, 0.15) is 25.8 Å². The van der Waals surface area contributed by atoms with Crippen LogP contribution in [0.2, 0.25) is 0 Å². The second-order valence-corrected chi connectivity index (χ2v) is 5.93. The van der Waals surface area contributed by atoms with Crippen molar-refractivity contribution in [3.05, 3.63) is 29.8 Å². The van der Waals surface area contributed by atoms with Crippen molar-refractivity contribution >= 4 is 17.5 Å². The number of rotatable bonds is 1. The third kappa shape index (κ3) is 3.38. The van der Waals surface area contributed by atoms with E-state index in [1.165, 1.54) is 0 Å². The molecule has 2 amide bonds. The van der Waals surface area contributed by atoms with Crippen LogP contribution < -0.4 is 5.32 Å². The van der Waals surface area contributed by atoms with Crippen LogP contribution in [0.5, 0.6) is 0 Å². The topological polar surface area (TPSA) is 49.4 Å². The summed E-state index contributed by atoms with van der Waals surface area (Å²) in [5.74, 6) is -0.0600. The lowest BCUT2D eigenvalue weighted by atomic mass is 9.92. The van der Waals surface area contributed by atoms with Crippen molar-refractivity contribution in [2.75, 3.05) is 18.4 Å². The van der Waals surface area contributed by atoms with Gasteiger partial charge in [-0.05, 0) is 36.8 Å². The molecule has 2 rings (SSSR count). The Bertz CT molecular complexity index is 503. The van der Waals surface area contributed by atoms with Gasteiger partial charge in [-0.2, -0.15) is 0 Å². The van der Waals surface area contributed by atoms with E-state index in [1.54, 1.807) is 4.90 Å². The lowest BCUT2D eigenvalue weighted by Crippen LogP contribution is -2.47. The maximum Gasteiger partial charge on any atom is 0.313 e. The van der Waals surface area contributed by atoms with Crippen LogP contribution >= 0.6 is 0 Å². The lowest BCUT2D eigenvalue weighted by molar-refractivity contribution is -0.144. The van der Waals surface area contributed by atoms with Gasteiger partial charge in [0, 0.05) is 18.8 Å². The molecule has 1 aromatic carbocycles. The van der Waals surface area contributed by atoms with Crippen molar-refractivity contribution in [3.63, 3.8) is 0 Å². The van der Waals surface area contributed by atoms with E-state index in [0.29, 0.717) is 30.6 Å². The molecule has 0 saturated carbocycles. The van der Waals surface area contributed by atoms with Crippen LogP contribution in [0, 0.1) is 18.8 Å². The van der Waals surface area contributed by atoms with E-state index < -0.39 is 11.8 Å². The number of para-hydroxylation sites is 1. The molecule has 4 nitrogen and oxygen atoms in total. The van der Waals surface area contributed by atoms with Gasteiger partial charge in [-0.15, -0.1) is 0 Å². The molecule has 0 aliphatic carbocycles. The molecule has 1 N–H and O–H groups in total. The van der Waals surface area contributed by atoms with E-state index in [-0.39, 0.29) is 0 Å². The number of carbonyl (C=O) groups excluding carboxylic acids is 2. The molecule has 108 valence electrons. The lowest BCUT2D eigenvalue weighted by Gasteiger charge is -2.34. The van der Waals surface area contributed by atoms with Gasteiger partial charge in [0.05, 0.1) is 0 Å². The molecule has 1 saturated heterocycles. The van der Waals surface area contributed by atoms with Crippen molar-refractivity contribution in [2.45, 2.75) is 27.2 Å². The van der Waals surface area contributed by atoms with Gasteiger partial charge >= 0.3 is 11.8 Å². The fourth-order valence-electron chi connectivity index (χ4n) is 2.86. The third-order valence-corrected chi connectivity index (χ3v) is 3.74. The van der Waals surface area contributed by atoms with E-state index in [4.69, 9.17) is 0 Å². The SMILES string of the molecule is Cc1ccccc1NC(=O)C(=O)N1CC(C)CC(C)C1. The molecule has 1 heterocycles. The van der Waals surface area contributed by atoms with Gasteiger partial charge in [-0.1, -0.05) is 32.0 Å². The van der Waals surface area contributed by atoms with E-state index in [0.717, 1.165) is 12.0 Å². The average Bonchev–Trinajstić information content (AvgIpc) is 2.39. The Morgan fingerprint density at radius 2 is 1.75 bits per heavy atom. The number of hydrogen-bond acceptors (Lipinski definition) is 2. The predicted molar refractivity (Wildman–Crippen MR) is 79.3 cm³/mol. The van der Waals surface area contributed by atoms with Gasteiger partial charge in [-0.3, -0.25) is 9.59 Å². The van der Waals surface area contributed by atoms with Gasteiger partial charge in [0.2, 0.25) is 0 Å². The molecule has 1 aliphatic rings. The summed E-state index contributed by atoms with van der Waals surface area (Å²) >= 11 is 0. The largest absolute Gasteiger partial charge is 0.334 e. The smallest absolute Gasteiger partial charge is 0.313 e. The van der Waals surface area contributed by atoms with E-state index in [9.17, 15) is 9.59 Å². The molecule has 1 aromatic rings. The first-order valence-electron chi connectivity index (χ1n) is 7.13. The van der Waals surface area contributed by atoms with Crippen molar-refractivity contribution in [3.8, 4) is 0 Å². The number of aryl methyl sites for hydroxylation is 1. The molecule has 2 atom stereocenters. The fourth-order valence-corrected chi connectivity index (χ4v) is 2.86.